The Morgan fingerprint density at radius 3 is 2.12 bits per heavy atom. The molecule has 140 valence electrons. The maximum absolute atomic E-state index is 10.2. The third-order valence-electron chi connectivity index (χ3n) is 5.90. The molecular weight excluding hydrogens is 338 g/mol. The molecule has 0 unspecified atom stereocenters. The number of hydrogen-bond acceptors (Lipinski definition) is 2. The van der Waals surface area contributed by atoms with E-state index in [1.165, 1.54) is 0 Å². The second-order valence-corrected chi connectivity index (χ2v) is 13.8. The summed E-state index contributed by atoms with van der Waals surface area (Å²) in [5, 5.41) is 12.3. The molecule has 1 aromatic heterocycles. The van der Waals surface area contributed by atoms with Gasteiger partial charge in [-0.1, -0.05) is 53.7 Å². The Kier molecular flexibility index (Phi) is 4.82. The molecule has 0 aliphatic rings. The number of rotatable bonds is 5. The standard InChI is InChI=1S/C22H31NO2Si/c1-13(2)26(14(3)4,15(5)6)25-21-12-19-18(11-16(21)7)17-9-8-10-20(24)22(17)23-19/h8-15,23-24H,1-7H3. The smallest absolute Gasteiger partial charge is 0.258 e. The number of aryl methyl sites for hydroxylation is 1. The summed E-state index contributed by atoms with van der Waals surface area (Å²) < 4.78 is 6.91. The van der Waals surface area contributed by atoms with E-state index in [9.17, 15) is 5.11 Å². The first-order valence-corrected chi connectivity index (χ1v) is 11.8. The fourth-order valence-corrected chi connectivity index (χ4v) is 10.0. The van der Waals surface area contributed by atoms with Crippen molar-refractivity contribution >= 4 is 30.1 Å². The largest absolute Gasteiger partial charge is 0.542 e. The van der Waals surface area contributed by atoms with Crippen LogP contribution in [0.25, 0.3) is 21.8 Å². The highest BCUT2D eigenvalue weighted by molar-refractivity contribution is 6.78. The third-order valence-corrected chi connectivity index (χ3v) is 11.9. The van der Waals surface area contributed by atoms with Crippen LogP contribution in [0.5, 0.6) is 11.5 Å². The molecule has 0 saturated heterocycles. The Bertz CT molecular complexity index is 918. The zero-order chi connectivity index (χ0) is 19.2. The van der Waals surface area contributed by atoms with Gasteiger partial charge in [0.05, 0.1) is 11.0 Å². The van der Waals surface area contributed by atoms with Gasteiger partial charge >= 0.3 is 0 Å². The lowest BCUT2D eigenvalue weighted by Crippen LogP contribution is -2.50. The van der Waals surface area contributed by atoms with E-state index in [2.05, 4.69) is 65.6 Å². The molecule has 0 fully saturated rings. The first-order valence-electron chi connectivity index (χ1n) is 9.61. The molecule has 0 atom stereocenters. The lowest BCUT2D eigenvalue weighted by Gasteiger charge is -2.42. The predicted octanol–water partition coefficient (Wildman–Crippen LogP) is 6.89. The Hall–Kier alpha value is -1.94. The summed E-state index contributed by atoms with van der Waals surface area (Å²) in [5.74, 6) is 1.26. The van der Waals surface area contributed by atoms with Crippen LogP contribution < -0.4 is 4.43 Å². The van der Waals surface area contributed by atoms with Crippen LogP contribution in [0, 0.1) is 6.92 Å². The zero-order valence-electron chi connectivity index (χ0n) is 17.0. The van der Waals surface area contributed by atoms with Crippen molar-refractivity contribution in [2.75, 3.05) is 0 Å². The molecule has 0 bridgehead atoms. The van der Waals surface area contributed by atoms with Gasteiger partial charge in [-0.3, -0.25) is 0 Å². The minimum Gasteiger partial charge on any atom is -0.542 e. The molecule has 3 nitrogen and oxygen atoms in total. The highest BCUT2D eigenvalue weighted by Gasteiger charge is 2.47. The molecule has 0 spiro atoms. The lowest BCUT2D eigenvalue weighted by molar-refractivity contribution is 0.477. The van der Waals surface area contributed by atoms with Gasteiger partial charge in [0.25, 0.3) is 8.32 Å². The molecule has 3 aromatic rings. The number of phenols is 1. The summed E-state index contributed by atoms with van der Waals surface area (Å²) in [5.41, 5.74) is 4.55. The number of phenolic OH excluding ortho intramolecular Hbond substituents is 1. The van der Waals surface area contributed by atoms with Crippen molar-refractivity contribution in [3.63, 3.8) is 0 Å². The van der Waals surface area contributed by atoms with E-state index in [0.717, 1.165) is 33.1 Å². The van der Waals surface area contributed by atoms with Crippen molar-refractivity contribution in [2.45, 2.75) is 65.1 Å². The second kappa shape index (κ2) is 6.65. The van der Waals surface area contributed by atoms with Gasteiger partial charge in [0, 0.05) is 16.8 Å². The molecule has 0 saturated carbocycles. The molecule has 26 heavy (non-hydrogen) atoms. The highest BCUT2D eigenvalue weighted by Crippen LogP contribution is 2.44. The van der Waals surface area contributed by atoms with Gasteiger partial charge in [-0.15, -0.1) is 0 Å². The van der Waals surface area contributed by atoms with Crippen molar-refractivity contribution < 1.29 is 9.53 Å². The van der Waals surface area contributed by atoms with Crippen molar-refractivity contribution in [2.24, 2.45) is 0 Å². The van der Waals surface area contributed by atoms with Crippen LogP contribution in [0.2, 0.25) is 16.6 Å². The summed E-state index contributed by atoms with van der Waals surface area (Å²) in [7, 11) is -2.00. The lowest BCUT2D eigenvalue weighted by atomic mass is 10.1. The average molecular weight is 370 g/mol. The number of hydrogen-bond donors (Lipinski definition) is 2. The monoisotopic (exact) mass is 369 g/mol. The molecule has 2 N–H and O–H groups in total. The number of aromatic hydroxyl groups is 1. The first-order chi connectivity index (χ1) is 12.2. The Labute approximate surface area is 157 Å². The van der Waals surface area contributed by atoms with Crippen LogP contribution in [-0.2, 0) is 0 Å². The molecule has 0 aliphatic carbocycles. The molecule has 3 rings (SSSR count). The quantitative estimate of drug-likeness (QED) is 0.481. The number of nitrogens with one attached hydrogen (secondary N) is 1. The molecule has 2 aromatic carbocycles. The van der Waals surface area contributed by atoms with Crippen LogP contribution in [-0.4, -0.2) is 18.4 Å². The number of fused-ring (bicyclic) bond motifs is 3. The molecule has 0 amide bonds. The third kappa shape index (κ3) is 2.80. The maximum atomic E-state index is 10.2. The van der Waals surface area contributed by atoms with Gasteiger partial charge in [0.2, 0.25) is 0 Å². The van der Waals surface area contributed by atoms with Crippen LogP contribution >= 0.6 is 0 Å². The molecular formula is C22H31NO2Si. The zero-order valence-corrected chi connectivity index (χ0v) is 18.0. The van der Waals surface area contributed by atoms with Crippen LogP contribution in [0.4, 0.5) is 0 Å². The number of aromatic nitrogens is 1. The summed E-state index contributed by atoms with van der Waals surface area (Å²) in [6, 6.07) is 9.96. The van der Waals surface area contributed by atoms with E-state index in [0.29, 0.717) is 16.6 Å². The number of benzene rings is 2. The molecule has 0 radical (unpaired) electrons. The topological polar surface area (TPSA) is 45.2 Å². The summed E-state index contributed by atoms with van der Waals surface area (Å²) >= 11 is 0. The summed E-state index contributed by atoms with van der Waals surface area (Å²) in [6.45, 7) is 16.0. The fraction of sp³-hybridized carbons (Fsp3) is 0.455. The van der Waals surface area contributed by atoms with Gasteiger partial charge < -0.3 is 14.5 Å². The van der Waals surface area contributed by atoms with Gasteiger partial charge in [0.15, 0.2) is 0 Å². The first kappa shape index (κ1) is 18.8. The Balaban J connectivity index is 2.17. The van der Waals surface area contributed by atoms with Crippen LogP contribution in [0.3, 0.4) is 0 Å². The van der Waals surface area contributed by atoms with Crippen molar-refractivity contribution in [3.05, 3.63) is 35.9 Å². The Morgan fingerprint density at radius 2 is 1.54 bits per heavy atom. The van der Waals surface area contributed by atoms with Crippen molar-refractivity contribution in [3.8, 4) is 11.5 Å². The normalized spacial score (nSPS) is 12.8. The van der Waals surface area contributed by atoms with E-state index in [4.69, 9.17) is 4.43 Å². The SMILES string of the molecule is Cc1cc2c(cc1O[Si](C(C)C)(C(C)C)C(C)C)[nH]c1c(O)cccc12. The number of aromatic amines is 1. The van der Waals surface area contributed by atoms with E-state index >= 15 is 0 Å². The van der Waals surface area contributed by atoms with Gasteiger partial charge in [-0.05, 0) is 41.2 Å². The van der Waals surface area contributed by atoms with Crippen molar-refractivity contribution in [1.82, 2.24) is 4.98 Å². The average Bonchev–Trinajstić information content (AvgIpc) is 2.90. The van der Waals surface area contributed by atoms with E-state index in [-0.39, 0.29) is 5.75 Å². The predicted molar refractivity (Wildman–Crippen MR) is 114 cm³/mol. The molecule has 4 heteroatoms. The summed E-state index contributed by atoms with van der Waals surface area (Å²) in [6.07, 6.45) is 0. The van der Waals surface area contributed by atoms with Gasteiger partial charge in [-0.2, -0.15) is 0 Å². The Morgan fingerprint density at radius 1 is 0.923 bits per heavy atom. The van der Waals surface area contributed by atoms with Gasteiger partial charge in [-0.25, -0.2) is 0 Å². The van der Waals surface area contributed by atoms with E-state index in [1.807, 2.05) is 12.1 Å². The highest BCUT2D eigenvalue weighted by atomic mass is 28.4. The minimum atomic E-state index is -2.00. The van der Waals surface area contributed by atoms with E-state index < -0.39 is 8.32 Å². The molecule has 1 heterocycles. The second-order valence-electron chi connectivity index (χ2n) is 8.41. The number of H-pyrrole nitrogens is 1. The van der Waals surface area contributed by atoms with Gasteiger partial charge in [0.1, 0.15) is 11.5 Å². The minimum absolute atomic E-state index is 0.286. The van der Waals surface area contributed by atoms with Crippen LogP contribution in [0.15, 0.2) is 30.3 Å². The number of para-hydroxylation sites is 1. The maximum Gasteiger partial charge on any atom is 0.258 e. The fourth-order valence-electron chi connectivity index (χ4n) is 4.70. The molecule has 0 aliphatic heterocycles. The summed E-state index contributed by atoms with van der Waals surface area (Å²) in [4.78, 5) is 3.37. The van der Waals surface area contributed by atoms with Crippen LogP contribution in [0.1, 0.15) is 47.1 Å². The van der Waals surface area contributed by atoms with Crippen molar-refractivity contribution in [1.29, 1.82) is 0 Å². The van der Waals surface area contributed by atoms with E-state index in [1.54, 1.807) is 6.07 Å².